The van der Waals surface area contributed by atoms with E-state index >= 15 is 0 Å². The van der Waals surface area contributed by atoms with Crippen molar-refractivity contribution in [2.75, 3.05) is 9.80 Å². The summed E-state index contributed by atoms with van der Waals surface area (Å²) in [7, 11) is 0. The number of amidine groups is 2. The molecule has 2 N–H and O–H groups in total. The van der Waals surface area contributed by atoms with E-state index in [0.29, 0.717) is 12.4 Å². The summed E-state index contributed by atoms with van der Waals surface area (Å²) in [5.74, 6) is -0.544. The van der Waals surface area contributed by atoms with Gasteiger partial charge in [-0.25, -0.2) is 8.78 Å². The van der Waals surface area contributed by atoms with Crippen molar-refractivity contribution in [3.63, 3.8) is 0 Å². The van der Waals surface area contributed by atoms with Crippen molar-refractivity contribution in [2.24, 2.45) is 0 Å². The first-order chi connectivity index (χ1) is 17.4. The molecular weight excluding hydrogens is 454 g/mol. The number of nitrogens with one attached hydrogen (secondary N) is 2. The van der Waals surface area contributed by atoms with E-state index in [-0.39, 0.29) is 11.5 Å². The number of nitrogens with zero attached hydrogens (tertiary/aromatic N) is 2. The lowest BCUT2D eigenvalue weighted by Crippen LogP contribution is -2.25. The van der Waals surface area contributed by atoms with Crippen LogP contribution < -0.4 is 9.80 Å². The number of fused-ring (bicyclic) bond motifs is 2. The molecule has 6 rings (SSSR count). The molecule has 6 heteroatoms. The number of anilines is 2. The van der Waals surface area contributed by atoms with Gasteiger partial charge in [-0.1, -0.05) is 72.8 Å². The second-order valence-electron chi connectivity index (χ2n) is 8.99. The SMILES string of the molecule is Cc1cccc(C)c1N1Cc2ccccc2C1=N.N=C1c2ccccc2CN1c1c(F)cccc1F. The van der Waals surface area contributed by atoms with Gasteiger partial charge in [-0.05, 0) is 48.2 Å². The highest BCUT2D eigenvalue weighted by Gasteiger charge is 2.29. The Balaban J connectivity index is 0.000000148. The van der Waals surface area contributed by atoms with E-state index in [2.05, 4.69) is 43.0 Å². The standard InChI is InChI=1S/C16H16N2.C14H10F2N2/c1-11-6-5-7-12(2)15(11)18-10-13-8-3-4-9-14(13)16(18)17;15-11-6-3-7-12(16)13(11)18-8-9-4-1-2-5-10(9)14(18)17/h3-9,17H,10H2,1-2H3;1-7,17H,8H2. The normalized spacial score (nSPS) is 13.9. The van der Waals surface area contributed by atoms with Gasteiger partial charge in [0.25, 0.3) is 0 Å². The van der Waals surface area contributed by atoms with E-state index in [1.54, 1.807) is 6.07 Å². The Hall–Kier alpha value is -4.32. The maximum Gasteiger partial charge on any atom is 0.149 e. The highest BCUT2D eigenvalue weighted by molar-refractivity contribution is 6.12. The van der Waals surface area contributed by atoms with Crippen LogP contribution in [0.2, 0.25) is 0 Å². The predicted molar refractivity (Wildman–Crippen MR) is 141 cm³/mol. The van der Waals surface area contributed by atoms with Gasteiger partial charge in [-0.2, -0.15) is 0 Å². The van der Waals surface area contributed by atoms with Gasteiger partial charge in [0.15, 0.2) is 0 Å². The van der Waals surface area contributed by atoms with Crippen LogP contribution in [0, 0.1) is 36.3 Å². The van der Waals surface area contributed by atoms with E-state index in [9.17, 15) is 8.78 Å². The van der Waals surface area contributed by atoms with Crippen molar-refractivity contribution in [1.29, 1.82) is 10.8 Å². The molecule has 0 fully saturated rings. The molecule has 4 aromatic rings. The largest absolute Gasteiger partial charge is 0.321 e. The Kier molecular flexibility index (Phi) is 6.10. The van der Waals surface area contributed by atoms with Gasteiger partial charge in [0, 0.05) is 16.8 Å². The molecule has 0 saturated heterocycles. The molecule has 4 aromatic carbocycles. The fourth-order valence-corrected chi connectivity index (χ4v) is 4.93. The van der Waals surface area contributed by atoms with Crippen LogP contribution in [0.25, 0.3) is 0 Å². The number of halogens is 2. The molecule has 0 spiro atoms. The first-order valence-electron chi connectivity index (χ1n) is 11.8. The minimum Gasteiger partial charge on any atom is -0.321 e. The lowest BCUT2D eigenvalue weighted by Gasteiger charge is -2.22. The number of hydrogen-bond acceptors (Lipinski definition) is 2. The van der Waals surface area contributed by atoms with Crippen molar-refractivity contribution in [2.45, 2.75) is 26.9 Å². The number of rotatable bonds is 2. The molecule has 2 aliphatic heterocycles. The van der Waals surface area contributed by atoms with Crippen molar-refractivity contribution in [3.8, 4) is 0 Å². The molecule has 0 bridgehead atoms. The molecular formula is C30H26F2N4. The van der Waals surface area contributed by atoms with Crippen molar-refractivity contribution < 1.29 is 8.78 Å². The van der Waals surface area contributed by atoms with Crippen LogP contribution in [0.3, 0.4) is 0 Å². The van der Waals surface area contributed by atoms with E-state index in [4.69, 9.17) is 10.8 Å². The maximum absolute atomic E-state index is 13.7. The molecule has 36 heavy (non-hydrogen) atoms. The Labute approximate surface area is 209 Å². The molecule has 180 valence electrons. The summed E-state index contributed by atoms with van der Waals surface area (Å²) in [5, 5.41) is 16.4. The van der Waals surface area contributed by atoms with Crippen molar-refractivity contribution in [3.05, 3.63) is 130 Å². The summed E-state index contributed by atoms with van der Waals surface area (Å²) in [4.78, 5) is 3.46. The van der Waals surface area contributed by atoms with Crippen LogP contribution in [-0.2, 0) is 13.1 Å². The van der Waals surface area contributed by atoms with E-state index in [1.165, 1.54) is 45.5 Å². The quantitative estimate of drug-likeness (QED) is 0.326. The van der Waals surface area contributed by atoms with Gasteiger partial charge >= 0.3 is 0 Å². The number of benzene rings is 4. The van der Waals surface area contributed by atoms with Crippen LogP contribution in [0.1, 0.15) is 33.4 Å². The summed E-state index contributed by atoms with van der Waals surface area (Å²) in [5.41, 5.74) is 7.41. The van der Waals surface area contributed by atoms with Crippen molar-refractivity contribution in [1.82, 2.24) is 0 Å². The first-order valence-corrected chi connectivity index (χ1v) is 11.8. The number of hydrogen-bond donors (Lipinski definition) is 2. The van der Waals surface area contributed by atoms with Gasteiger partial charge in [-0.15, -0.1) is 0 Å². The van der Waals surface area contributed by atoms with E-state index < -0.39 is 11.6 Å². The third-order valence-corrected chi connectivity index (χ3v) is 6.66. The molecule has 0 radical (unpaired) electrons. The Bertz CT molecular complexity index is 1340. The summed E-state index contributed by atoms with van der Waals surface area (Å²) in [6.07, 6.45) is 0. The second-order valence-corrected chi connectivity index (χ2v) is 8.99. The molecule has 2 aliphatic rings. The lowest BCUT2D eigenvalue weighted by molar-refractivity contribution is 0.582. The summed E-state index contributed by atoms with van der Waals surface area (Å²) in [6, 6.07) is 25.5. The second kappa shape index (κ2) is 9.38. The molecule has 0 atom stereocenters. The summed E-state index contributed by atoms with van der Waals surface area (Å²) < 4.78 is 27.4. The monoisotopic (exact) mass is 480 g/mol. The third-order valence-electron chi connectivity index (χ3n) is 6.66. The third kappa shape index (κ3) is 4.05. The highest BCUT2D eigenvalue weighted by atomic mass is 19.1. The fraction of sp³-hybridized carbons (Fsp3) is 0.133. The molecule has 0 aromatic heterocycles. The fourth-order valence-electron chi connectivity index (χ4n) is 4.93. The molecule has 0 aliphatic carbocycles. The molecule has 0 saturated carbocycles. The average molecular weight is 481 g/mol. The van der Waals surface area contributed by atoms with Gasteiger partial charge in [-0.3, -0.25) is 10.8 Å². The molecule has 0 amide bonds. The minimum atomic E-state index is -0.646. The Morgan fingerprint density at radius 3 is 1.44 bits per heavy atom. The van der Waals surface area contributed by atoms with Crippen LogP contribution in [0.5, 0.6) is 0 Å². The van der Waals surface area contributed by atoms with Crippen LogP contribution in [0.15, 0.2) is 84.9 Å². The minimum absolute atomic E-state index is 0.134. The van der Waals surface area contributed by atoms with Crippen molar-refractivity contribution >= 4 is 23.0 Å². The Morgan fingerprint density at radius 1 is 0.556 bits per heavy atom. The van der Waals surface area contributed by atoms with E-state index in [1.807, 2.05) is 36.4 Å². The summed E-state index contributed by atoms with van der Waals surface area (Å²) in [6.45, 7) is 5.35. The molecule has 4 nitrogen and oxygen atoms in total. The zero-order chi connectivity index (χ0) is 25.4. The van der Waals surface area contributed by atoms with Crippen LogP contribution >= 0.6 is 0 Å². The summed E-state index contributed by atoms with van der Waals surface area (Å²) >= 11 is 0. The molecule has 2 heterocycles. The van der Waals surface area contributed by atoms with E-state index in [0.717, 1.165) is 23.2 Å². The highest BCUT2D eigenvalue weighted by Crippen LogP contribution is 2.33. The van der Waals surface area contributed by atoms with Crippen LogP contribution in [-0.4, -0.2) is 11.7 Å². The topological polar surface area (TPSA) is 54.2 Å². The number of aryl methyl sites for hydroxylation is 2. The van der Waals surface area contributed by atoms with Crippen LogP contribution in [0.4, 0.5) is 20.2 Å². The smallest absolute Gasteiger partial charge is 0.149 e. The average Bonchev–Trinajstić information content (AvgIpc) is 3.37. The van der Waals surface area contributed by atoms with Gasteiger partial charge in [0.05, 0.1) is 13.1 Å². The number of para-hydroxylation sites is 2. The predicted octanol–water partition coefficient (Wildman–Crippen LogP) is 6.96. The first kappa shape index (κ1) is 23.4. The zero-order valence-corrected chi connectivity index (χ0v) is 20.1. The Morgan fingerprint density at radius 2 is 0.972 bits per heavy atom. The maximum atomic E-state index is 13.7. The van der Waals surface area contributed by atoms with Gasteiger partial charge < -0.3 is 9.80 Å². The zero-order valence-electron chi connectivity index (χ0n) is 20.1. The lowest BCUT2D eigenvalue weighted by atomic mass is 10.1. The van der Waals surface area contributed by atoms with Gasteiger partial charge in [0.2, 0.25) is 0 Å². The molecule has 0 unspecified atom stereocenters. The van der Waals surface area contributed by atoms with Gasteiger partial charge in [0.1, 0.15) is 29.0 Å².